The average molecular weight is 318 g/mol. The number of benzene rings is 2. The highest BCUT2D eigenvalue weighted by atomic mass is 19.1. The van der Waals surface area contributed by atoms with Crippen LogP contribution in [-0.2, 0) is 4.79 Å². The summed E-state index contributed by atoms with van der Waals surface area (Å²) in [5, 5.41) is 5.08. The summed E-state index contributed by atoms with van der Waals surface area (Å²) in [4.78, 5) is 23.6. The van der Waals surface area contributed by atoms with E-state index in [-0.39, 0.29) is 5.91 Å². The minimum absolute atomic E-state index is 0.308. The van der Waals surface area contributed by atoms with E-state index in [0.29, 0.717) is 17.1 Å². The fourth-order valence-corrected chi connectivity index (χ4v) is 2.16. The number of carbonyl (C=O) groups is 2. The number of amides is 2. The first-order valence-electron chi connectivity index (χ1n) is 6.82. The molecule has 0 bridgehead atoms. The maximum atomic E-state index is 13.6. The predicted molar refractivity (Wildman–Crippen MR) is 79.5 cm³/mol. The van der Waals surface area contributed by atoms with Crippen molar-refractivity contribution >= 4 is 23.2 Å². The van der Waals surface area contributed by atoms with Gasteiger partial charge in [0.1, 0.15) is 17.4 Å². The molecule has 2 amide bonds. The van der Waals surface area contributed by atoms with Crippen molar-refractivity contribution in [3.05, 3.63) is 53.6 Å². The fourth-order valence-electron chi connectivity index (χ4n) is 2.16. The van der Waals surface area contributed by atoms with E-state index in [1.54, 1.807) is 13.0 Å². The molecule has 2 N–H and O–H groups in total. The van der Waals surface area contributed by atoms with Crippen LogP contribution in [0, 0.1) is 11.6 Å². The zero-order chi connectivity index (χ0) is 16.6. The summed E-state index contributed by atoms with van der Waals surface area (Å²) >= 11 is 0. The van der Waals surface area contributed by atoms with Crippen LogP contribution in [0.2, 0.25) is 0 Å². The summed E-state index contributed by atoms with van der Waals surface area (Å²) in [5.74, 6) is -2.17. The highest BCUT2D eigenvalue weighted by molar-refractivity contribution is 6.05. The molecule has 1 aliphatic rings. The number of hydrogen-bond donors (Lipinski definition) is 2. The molecule has 0 unspecified atom stereocenters. The van der Waals surface area contributed by atoms with Gasteiger partial charge in [0.15, 0.2) is 6.10 Å². The van der Waals surface area contributed by atoms with E-state index >= 15 is 0 Å². The Morgan fingerprint density at radius 2 is 2.00 bits per heavy atom. The minimum Gasteiger partial charge on any atom is -0.479 e. The second-order valence-electron chi connectivity index (χ2n) is 5.04. The molecule has 1 atom stereocenters. The van der Waals surface area contributed by atoms with Crippen molar-refractivity contribution in [2.75, 3.05) is 10.6 Å². The van der Waals surface area contributed by atoms with Gasteiger partial charge >= 0.3 is 0 Å². The van der Waals surface area contributed by atoms with Crippen LogP contribution >= 0.6 is 0 Å². The lowest BCUT2D eigenvalue weighted by molar-refractivity contribution is -0.122. The second kappa shape index (κ2) is 5.68. The van der Waals surface area contributed by atoms with Crippen LogP contribution in [0.1, 0.15) is 17.3 Å². The third-order valence-electron chi connectivity index (χ3n) is 3.34. The lowest BCUT2D eigenvalue weighted by Crippen LogP contribution is -2.34. The molecule has 0 radical (unpaired) electrons. The van der Waals surface area contributed by atoms with E-state index in [1.165, 1.54) is 12.1 Å². The minimum atomic E-state index is -0.827. The van der Waals surface area contributed by atoms with Crippen LogP contribution in [-0.4, -0.2) is 17.9 Å². The lowest BCUT2D eigenvalue weighted by Gasteiger charge is -2.23. The molecule has 7 heteroatoms. The van der Waals surface area contributed by atoms with Gasteiger partial charge in [0.2, 0.25) is 0 Å². The number of hydrogen-bond acceptors (Lipinski definition) is 3. The molecule has 23 heavy (non-hydrogen) atoms. The molecule has 0 fully saturated rings. The first-order valence-corrected chi connectivity index (χ1v) is 6.82. The van der Waals surface area contributed by atoms with Crippen LogP contribution < -0.4 is 15.4 Å². The van der Waals surface area contributed by atoms with Crippen molar-refractivity contribution in [1.29, 1.82) is 0 Å². The molecule has 5 nitrogen and oxygen atoms in total. The van der Waals surface area contributed by atoms with Gasteiger partial charge in [-0.1, -0.05) is 0 Å². The maximum Gasteiger partial charge on any atom is 0.265 e. The molecule has 0 aliphatic carbocycles. The van der Waals surface area contributed by atoms with E-state index in [4.69, 9.17) is 4.74 Å². The topological polar surface area (TPSA) is 67.4 Å². The number of fused-ring (bicyclic) bond motifs is 1. The van der Waals surface area contributed by atoms with Gasteiger partial charge in [0.25, 0.3) is 11.8 Å². The number of carbonyl (C=O) groups excluding carboxylic acids is 2. The quantitative estimate of drug-likeness (QED) is 0.894. The molecule has 118 valence electrons. The summed E-state index contributed by atoms with van der Waals surface area (Å²) < 4.78 is 32.1. The normalized spacial score (nSPS) is 16.1. The average Bonchev–Trinajstić information content (AvgIpc) is 2.51. The van der Waals surface area contributed by atoms with E-state index in [2.05, 4.69) is 10.6 Å². The number of anilines is 2. The molecule has 3 rings (SSSR count). The summed E-state index contributed by atoms with van der Waals surface area (Å²) in [6.07, 6.45) is -0.607. The fraction of sp³-hybridized carbons (Fsp3) is 0.125. The van der Waals surface area contributed by atoms with E-state index in [9.17, 15) is 18.4 Å². The first-order chi connectivity index (χ1) is 10.9. The van der Waals surface area contributed by atoms with Crippen LogP contribution in [0.15, 0.2) is 36.4 Å². The van der Waals surface area contributed by atoms with Crippen molar-refractivity contribution in [3.8, 4) is 5.75 Å². The molecule has 0 aromatic heterocycles. The van der Waals surface area contributed by atoms with Gasteiger partial charge < -0.3 is 15.4 Å². The highest BCUT2D eigenvalue weighted by Crippen LogP contribution is 2.32. The first kappa shape index (κ1) is 15.0. The molecule has 1 aliphatic heterocycles. The SMILES string of the molecule is C[C@@H]1Oc2ccc(NC(=O)c3cc(F)ccc3F)cc2NC1=O. The summed E-state index contributed by atoms with van der Waals surface area (Å²) in [6, 6.07) is 7.22. The Bertz CT molecular complexity index is 808. The summed E-state index contributed by atoms with van der Waals surface area (Å²) in [7, 11) is 0. The van der Waals surface area contributed by atoms with Gasteiger partial charge in [-0.25, -0.2) is 8.78 Å². The van der Waals surface area contributed by atoms with Gasteiger partial charge in [-0.05, 0) is 43.3 Å². The van der Waals surface area contributed by atoms with Gasteiger partial charge in [0, 0.05) is 5.69 Å². The summed E-state index contributed by atoms with van der Waals surface area (Å²) in [5.41, 5.74) is 0.304. The molecule has 2 aromatic carbocycles. The van der Waals surface area contributed by atoms with E-state index in [1.807, 2.05) is 0 Å². The third kappa shape index (κ3) is 2.98. The molecule has 0 saturated carbocycles. The molecule has 0 spiro atoms. The monoisotopic (exact) mass is 318 g/mol. The van der Waals surface area contributed by atoms with Crippen molar-refractivity contribution < 1.29 is 23.1 Å². The van der Waals surface area contributed by atoms with Crippen molar-refractivity contribution in [3.63, 3.8) is 0 Å². The number of nitrogens with one attached hydrogen (secondary N) is 2. The van der Waals surface area contributed by atoms with Gasteiger partial charge in [-0.15, -0.1) is 0 Å². The van der Waals surface area contributed by atoms with Crippen LogP contribution in [0.3, 0.4) is 0 Å². The Hall–Kier alpha value is -2.96. The highest BCUT2D eigenvalue weighted by Gasteiger charge is 2.24. The number of rotatable bonds is 2. The van der Waals surface area contributed by atoms with Crippen LogP contribution in [0.4, 0.5) is 20.2 Å². The van der Waals surface area contributed by atoms with Crippen molar-refractivity contribution in [1.82, 2.24) is 0 Å². The third-order valence-corrected chi connectivity index (χ3v) is 3.34. The van der Waals surface area contributed by atoms with Crippen LogP contribution in [0.25, 0.3) is 0 Å². The predicted octanol–water partition coefficient (Wildman–Crippen LogP) is 2.94. The van der Waals surface area contributed by atoms with Gasteiger partial charge in [-0.3, -0.25) is 9.59 Å². The molecular weight excluding hydrogens is 306 g/mol. The van der Waals surface area contributed by atoms with Crippen LogP contribution in [0.5, 0.6) is 5.75 Å². The number of ether oxygens (including phenoxy) is 1. The Kier molecular flexibility index (Phi) is 3.69. The van der Waals surface area contributed by atoms with E-state index < -0.39 is 29.2 Å². The smallest absolute Gasteiger partial charge is 0.265 e. The van der Waals surface area contributed by atoms with Gasteiger partial charge in [-0.2, -0.15) is 0 Å². The van der Waals surface area contributed by atoms with Crippen molar-refractivity contribution in [2.24, 2.45) is 0 Å². The Morgan fingerprint density at radius 1 is 1.22 bits per heavy atom. The Morgan fingerprint density at radius 3 is 2.78 bits per heavy atom. The zero-order valence-corrected chi connectivity index (χ0v) is 12.0. The maximum absolute atomic E-state index is 13.6. The van der Waals surface area contributed by atoms with E-state index in [0.717, 1.165) is 18.2 Å². The van der Waals surface area contributed by atoms with Gasteiger partial charge in [0.05, 0.1) is 11.3 Å². The lowest BCUT2D eigenvalue weighted by atomic mass is 10.1. The van der Waals surface area contributed by atoms with Crippen molar-refractivity contribution in [2.45, 2.75) is 13.0 Å². The molecular formula is C16H12F2N2O3. The largest absolute Gasteiger partial charge is 0.479 e. The molecule has 1 heterocycles. The second-order valence-corrected chi connectivity index (χ2v) is 5.04. The molecule has 0 saturated heterocycles. The zero-order valence-electron chi connectivity index (χ0n) is 12.0. The number of halogens is 2. The standard InChI is InChI=1S/C16H12F2N2O3/c1-8-15(21)20-13-7-10(3-5-14(13)23-8)19-16(22)11-6-9(17)2-4-12(11)18/h2-8H,1H3,(H,19,22)(H,20,21)/t8-/m0/s1. The summed E-state index contributed by atoms with van der Waals surface area (Å²) in [6.45, 7) is 1.61. The Balaban J connectivity index is 1.84. The molecule has 2 aromatic rings. The Labute approximate surface area is 130 Å².